The number of aryl methyl sites for hydroxylation is 2. The Morgan fingerprint density at radius 3 is 2.92 bits per heavy atom. The standard InChI is InChI=1S/C19H27N5O/c1-20-19(21-10-6-9-16-7-4-3-5-8-16)24-11-12-25-18(15-24)17-13-22-23(2)14-17/h3-5,7-8,13-14,18H,6,9-12,15H2,1-2H3,(H,20,21). The van der Waals surface area contributed by atoms with Crippen molar-refractivity contribution in [1.82, 2.24) is 20.0 Å². The predicted molar refractivity (Wildman–Crippen MR) is 99.6 cm³/mol. The first-order chi connectivity index (χ1) is 12.3. The second-order valence-electron chi connectivity index (χ2n) is 6.32. The third-order valence-electron chi connectivity index (χ3n) is 4.44. The normalized spacial score (nSPS) is 18.4. The topological polar surface area (TPSA) is 54.7 Å². The fourth-order valence-corrected chi connectivity index (χ4v) is 3.12. The molecule has 1 unspecified atom stereocenters. The highest BCUT2D eigenvalue weighted by Gasteiger charge is 2.24. The van der Waals surface area contributed by atoms with Gasteiger partial charge in [-0.25, -0.2) is 0 Å². The van der Waals surface area contributed by atoms with Crippen LogP contribution < -0.4 is 5.32 Å². The Bertz CT molecular complexity index is 682. The van der Waals surface area contributed by atoms with Crippen molar-refractivity contribution in [2.45, 2.75) is 18.9 Å². The van der Waals surface area contributed by atoms with Crippen LogP contribution in [-0.2, 0) is 18.2 Å². The Morgan fingerprint density at radius 2 is 2.20 bits per heavy atom. The number of benzene rings is 1. The van der Waals surface area contributed by atoms with Crippen LogP contribution in [0.3, 0.4) is 0 Å². The highest BCUT2D eigenvalue weighted by molar-refractivity contribution is 5.80. The summed E-state index contributed by atoms with van der Waals surface area (Å²) in [5, 5.41) is 7.73. The van der Waals surface area contributed by atoms with E-state index in [1.54, 1.807) is 0 Å². The van der Waals surface area contributed by atoms with E-state index in [1.165, 1.54) is 5.56 Å². The van der Waals surface area contributed by atoms with E-state index in [0.717, 1.165) is 44.0 Å². The number of aromatic nitrogens is 2. The number of hydrogen-bond acceptors (Lipinski definition) is 3. The number of aliphatic imine (C=N–C) groups is 1. The monoisotopic (exact) mass is 341 g/mol. The Labute approximate surface area is 149 Å². The summed E-state index contributed by atoms with van der Waals surface area (Å²) in [6.45, 7) is 3.26. The highest BCUT2D eigenvalue weighted by Crippen LogP contribution is 2.21. The molecule has 2 aromatic rings. The van der Waals surface area contributed by atoms with Crippen LogP contribution in [0.5, 0.6) is 0 Å². The van der Waals surface area contributed by atoms with Crippen LogP contribution in [-0.4, -0.2) is 53.9 Å². The van der Waals surface area contributed by atoms with Gasteiger partial charge in [-0.15, -0.1) is 0 Å². The van der Waals surface area contributed by atoms with Gasteiger partial charge in [0, 0.05) is 38.9 Å². The van der Waals surface area contributed by atoms with Crippen LogP contribution in [0.4, 0.5) is 0 Å². The van der Waals surface area contributed by atoms with Gasteiger partial charge in [0.1, 0.15) is 6.10 Å². The Morgan fingerprint density at radius 1 is 1.36 bits per heavy atom. The molecule has 0 amide bonds. The molecular weight excluding hydrogens is 314 g/mol. The van der Waals surface area contributed by atoms with Gasteiger partial charge in [-0.2, -0.15) is 5.10 Å². The van der Waals surface area contributed by atoms with Gasteiger partial charge in [-0.1, -0.05) is 30.3 Å². The molecule has 6 heteroatoms. The Hall–Kier alpha value is -2.34. The van der Waals surface area contributed by atoms with Crippen LogP contribution in [0.15, 0.2) is 47.7 Å². The summed E-state index contributed by atoms with van der Waals surface area (Å²) in [6.07, 6.45) is 6.10. The van der Waals surface area contributed by atoms with Crippen molar-refractivity contribution in [2.75, 3.05) is 33.3 Å². The van der Waals surface area contributed by atoms with E-state index in [4.69, 9.17) is 4.74 Å². The molecule has 1 N–H and O–H groups in total. The zero-order valence-corrected chi connectivity index (χ0v) is 15.1. The first kappa shape index (κ1) is 17.5. The van der Waals surface area contributed by atoms with E-state index >= 15 is 0 Å². The molecule has 0 aliphatic carbocycles. The summed E-state index contributed by atoms with van der Waals surface area (Å²) in [5.74, 6) is 0.949. The largest absolute Gasteiger partial charge is 0.370 e. The Kier molecular flexibility index (Phi) is 6.06. The SMILES string of the molecule is CN=C(NCCCc1ccccc1)N1CCOC(c2cnn(C)c2)C1. The van der Waals surface area contributed by atoms with E-state index in [0.29, 0.717) is 6.61 Å². The summed E-state index contributed by atoms with van der Waals surface area (Å²) in [4.78, 5) is 6.71. The zero-order chi connectivity index (χ0) is 17.5. The minimum Gasteiger partial charge on any atom is -0.370 e. The molecule has 1 aromatic heterocycles. The number of guanidine groups is 1. The molecular formula is C19H27N5O. The highest BCUT2D eigenvalue weighted by atomic mass is 16.5. The van der Waals surface area contributed by atoms with Gasteiger partial charge in [0.25, 0.3) is 0 Å². The van der Waals surface area contributed by atoms with E-state index in [-0.39, 0.29) is 6.10 Å². The lowest BCUT2D eigenvalue weighted by molar-refractivity contribution is -0.00801. The van der Waals surface area contributed by atoms with Crippen molar-refractivity contribution < 1.29 is 4.74 Å². The molecule has 1 aromatic carbocycles. The third kappa shape index (κ3) is 4.82. The van der Waals surface area contributed by atoms with Crippen LogP contribution in [0.25, 0.3) is 0 Å². The molecule has 0 radical (unpaired) electrons. The summed E-state index contributed by atoms with van der Waals surface area (Å²) < 4.78 is 7.72. The van der Waals surface area contributed by atoms with Crippen molar-refractivity contribution in [1.29, 1.82) is 0 Å². The number of morpholine rings is 1. The van der Waals surface area contributed by atoms with Crippen LogP contribution in [0.2, 0.25) is 0 Å². The maximum Gasteiger partial charge on any atom is 0.193 e. The summed E-state index contributed by atoms with van der Waals surface area (Å²) in [6, 6.07) is 10.6. The van der Waals surface area contributed by atoms with Gasteiger partial charge in [-0.05, 0) is 18.4 Å². The first-order valence-electron chi connectivity index (χ1n) is 8.86. The summed E-state index contributed by atoms with van der Waals surface area (Å²) in [7, 11) is 3.77. The molecule has 134 valence electrons. The number of hydrogen-bond donors (Lipinski definition) is 1. The molecule has 0 spiro atoms. The van der Waals surface area contributed by atoms with Gasteiger partial charge < -0.3 is 15.0 Å². The Balaban J connectivity index is 1.48. The second-order valence-corrected chi connectivity index (χ2v) is 6.32. The fraction of sp³-hybridized carbons (Fsp3) is 0.474. The molecule has 25 heavy (non-hydrogen) atoms. The molecule has 0 bridgehead atoms. The van der Waals surface area contributed by atoms with Gasteiger partial charge in [0.05, 0.1) is 19.3 Å². The van der Waals surface area contributed by atoms with E-state index < -0.39 is 0 Å². The maximum absolute atomic E-state index is 5.91. The van der Waals surface area contributed by atoms with Crippen molar-refractivity contribution in [3.63, 3.8) is 0 Å². The molecule has 1 fully saturated rings. The van der Waals surface area contributed by atoms with Gasteiger partial charge >= 0.3 is 0 Å². The summed E-state index contributed by atoms with van der Waals surface area (Å²) >= 11 is 0. The second kappa shape index (κ2) is 8.67. The lowest BCUT2D eigenvalue weighted by Gasteiger charge is -2.34. The molecule has 6 nitrogen and oxygen atoms in total. The van der Waals surface area contributed by atoms with Gasteiger partial charge in [0.15, 0.2) is 5.96 Å². The predicted octanol–water partition coefficient (Wildman–Crippen LogP) is 2.00. The lowest BCUT2D eigenvalue weighted by Crippen LogP contribution is -2.48. The van der Waals surface area contributed by atoms with Crippen LogP contribution >= 0.6 is 0 Å². The van der Waals surface area contributed by atoms with Crippen molar-refractivity contribution in [3.8, 4) is 0 Å². The van der Waals surface area contributed by atoms with E-state index in [2.05, 4.69) is 50.6 Å². The number of nitrogens with zero attached hydrogens (tertiary/aromatic N) is 4. The summed E-state index contributed by atoms with van der Waals surface area (Å²) in [5.41, 5.74) is 2.49. The first-order valence-corrected chi connectivity index (χ1v) is 8.86. The van der Waals surface area contributed by atoms with E-state index in [1.807, 2.05) is 31.2 Å². The molecule has 2 heterocycles. The van der Waals surface area contributed by atoms with Gasteiger partial charge in [0.2, 0.25) is 0 Å². The number of nitrogens with one attached hydrogen (secondary N) is 1. The zero-order valence-electron chi connectivity index (χ0n) is 15.1. The quantitative estimate of drug-likeness (QED) is 0.513. The molecule has 1 saturated heterocycles. The minimum absolute atomic E-state index is 0.0466. The lowest BCUT2D eigenvalue weighted by atomic mass is 10.1. The minimum atomic E-state index is 0.0466. The molecule has 1 atom stereocenters. The van der Waals surface area contributed by atoms with E-state index in [9.17, 15) is 0 Å². The van der Waals surface area contributed by atoms with Gasteiger partial charge in [-0.3, -0.25) is 9.67 Å². The number of ether oxygens (including phenoxy) is 1. The molecule has 3 rings (SSSR count). The third-order valence-corrected chi connectivity index (χ3v) is 4.44. The van der Waals surface area contributed by atoms with Crippen LogP contribution in [0.1, 0.15) is 23.7 Å². The fourth-order valence-electron chi connectivity index (χ4n) is 3.12. The van der Waals surface area contributed by atoms with Crippen molar-refractivity contribution in [2.24, 2.45) is 12.0 Å². The molecule has 0 saturated carbocycles. The average Bonchev–Trinajstić information content (AvgIpc) is 3.09. The van der Waals surface area contributed by atoms with Crippen LogP contribution in [0, 0.1) is 0 Å². The molecule has 1 aliphatic heterocycles. The number of rotatable bonds is 5. The average molecular weight is 341 g/mol. The maximum atomic E-state index is 5.91. The molecule has 1 aliphatic rings. The van der Waals surface area contributed by atoms with Crippen molar-refractivity contribution in [3.05, 3.63) is 53.9 Å². The van der Waals surface area contributed by atoms with Crippen molar-refractivity contribution >= 4 is 5.96 Å². The smallest absolute Gasteiger partial charge is 0.193 e.